The summed E-state index contributed by atoms with van der Waals surface area (Å²) in [5, 5.41) is 22.5. The van der Waals surface area contributed by atoms with E-state index in [-0.39, 0.29) is 17.0 Å². The van der Waals surface area contributed by atoms with Gasteiger partial charge < -0.3 is 4.42 Å². The largest absolute Gasteiger partial charge is 0.460 e. The summed E-state index contributed by atoms with van der Waals surface area (Å²) in [6, 6.07) is 2.28. The molecule has 20 heavy (non-hydrogen) atoms. The van der Waals surface area contributed by atoms with Crippen molar-refractivity contribution in [1.29, 1.82) is 0 Å². The molecule has 104 valence electrons. The van der Waals surface area contributed by atoms with Crippen LogP contribution in [-0.4, -0.2) is 9.85 Å². The molecule has 0 unspecified atom stereocenters. The molecule has 0 spiro atoms. The van der Waals surface area contributed by atoms with Crippen LogP contribution in [0.1, 0.15) is 24.7 Å². The molecule has 2 aromatic rings. The molecule has 7 heteroatoms. The van der Waals surface area contributed by atoms with E-state index < -0.39 is 9.85 Å². The fourth-order valence-corrected chi connectivity index (χ4v) is 2.80. The molecule has 0 N–H and O–H groups in total. The standard InChI is InChI=1S/C13H12N2O5/c1-7-2-3-11-9(4-7)13-10(15(18)19)5-8(14(16)17)6-12(13)20-11/h5-7H,2-4H2,1H3/t7-/m1/s1. The molecule has 1 aliphatic carbocycles. The van der Waals surface area contributed by atoms with Crippen molar-refractivity contribution < 1.29 is 14.3 Å². The summed E-state index contributed by atoms with van der Waals surface area (Å²) < 4.78 is 5.61. The van der Waals surface area contributed by atoms with Crippen LogP contribution in [0.3, 0.4) is 0 Å². The second-order valence-electron chi connectivity index (χ2n) is 5.20. The first-order valence-electron chi connectivity index (χ1n) is 6.34. The maximum atomic E-state index is 11.2. The lowest BCUT2D eigenvalue weighted by Gasteiger charge is -2.16. The van der Waals surface area contributed by atoms with Crippen LogP contribution in [0.25, 0.3) is 11.0 Å². The molecule has 1 heterocycles. The highest BCUT2D eigenvalue weighted by Crippen LogP contribution is 2.40. The second kappa shape index (κ2) is 4.29. The molecule has 0 saturated carbocycles. The Morgan fingerprint density at radius 2 is 2.00 bits per heavy atom. The molecular formula is C13H12N2O5. The topological polar surface area (TPSA) is 99.4 Å². The third-order valence-electron chi connectivity index (χ3n) is 3.76. The summed E-state index contributed by atoms with van der Waals surface area (Å²) in [6.07, 6.45) is 2.39. The first-order valence-corrected chi connectivity index (χ1v) is 6.34. The molecule has 1 atom stereocenters. The van der Waals surface area contributed by atoms with E-state index >= 15 is 0 Å². The number of rotatable bonds is 2. The average Bonchev–Trinajstić information content (AvgIpc) is 2.75. The van der Waals surface area contributed by atoms with E-state index in [2.05, 4.69) is 6.92 Å². The van der Waals surface area contributed by atoms with Crippen molar-refractivity contribution in [3.8, 4) is 0 Å². The number of hydrogen-bond donors (Lipinski definition) is 0. The number of furan rings is 1. The number of non-ortho nitro benzene ring substituents is 2. The predicted octanol–water partition coefficient (Wildman–Crippen LogP) is 3.37. The Balaban J connectivity index is 2.33. The minimum absolute atomic E-state index is 0.241. The van der Waals surface area contributed by atoms with Gasteiger partial charge in [-0.1, -0.05) is 6.92 Å². The number of aryl methyl sites for hydroxylation is 1. The van der Waals surface area contributed by atoms with Gasteiger partial charge in [0, 0.05) is 12.0 Å². The number of benzene rings is 1. The molecule has 0 fully saturated rings. The maximum absolute atomic E-state index is 11.2. The van der Waals surface area contributed by atoms with E-state index in [1.807, 2.05) is 0 Å². The van der Waals surface area contributed by atoms with Gasteiger partial charge in [0.25, 0.3) is 11.4 Å². The van der Waals surface area contributed by atoms with Gasteiger partial charge in [-0.2, -0.15) is 0 Å². The van der Waals surface area contributed by atoms with Gasteiger partial charge >= 0.3 is 0 Å². The zero-order valence-corrected chi connectivity index (χ0v) is 10.8. The quantitative estimate of drug-likeness (QED) is 0.618. The van der Waals surface area contributed by atoms with Crippen molar-refractivity contribution in [3.05, 3.63) is 43.7 Å². The molecule has 0 radical (unpaired) electrons. The van der Waals surface area contributed by atoms with Crippen LogP contribution >= 0.6 is 0 Å². The third-order valence-corrected chi connectivity index (χ3v) is 3.76. The monoisotopic (exact) mass is 276 g/mol. The number of nitro groups is 2. The molecule has 1 aliphatic rings. The van der Waals surface area contributed by atoms with E-state index in [0.29, 0.717) is 17.7 Å². The predicted molar refractivity (Wildman–Crippen MR) is 70.7 cm³/mol. The van der Waals surface area contributed by atoms with Gasteiger partial charge in [0.2, 0.25) is 0 Å². The number of nitro benzene ring substituents is 2. The molecule has 1 aromatic carbocycles. The first kappa shape index (κ1) is 12.6. The minimum Gasteiger partial charge on any atom is -0.460 e. The van der Waals surface area contributed by atoms with E-state index in [1.54, 1.807) is 0 Å². The Hall–Kier alpha value is -2.44. The van der Waals surface area contributed by atoms with Crippen molar-refractivity contribution >= 4 is 22.3 Å². The smallest absolute Gasteiger partial charge is 0.287 e. The van der Waals surface area contributed by atoms with Crippen molar-refractivity contribution in [3.63, 3.8) is 0 Å². The van der Waals surface area contributed by atoms with Crippen LogP contribution in [0.2, 0.25) is 0 Å². The van der Waals surface area contributed by atoms with E-state index in [9.17, 15) is 20.2 Å². The van der Waals surface area contributed by atoms with Gasteiger partial charge in [-0.3, -0.25) is 20.2 Å². The Labute approximate surface area is 113 Å². The minimum atomic E-state index is -0.642. The SMILES string of the molecule is C[C@@H]1CCc2oc3cc([N+](=O)[O-])cc([N+](=O)[O-])c3c2C1. The Kier molecular flexibility index (Phi) is 2.70. The normalized spacial score (nSPS) is 17.9. The zero-order valence-electron chi connectivity index (χ0n) is 10.8. The van der Waals surface area contributed by atoms with Gasteiger partial charge in [-0.05, 0) is 18.8 Å². The Bertz CT molecular complexity index is 734. The average molecular weight is 276 g/mol. The molecule has 0 bridgehead atoms. The van der Waals surface area contributed by atoms with Crippen molar-refractivity contribution in [2.45, 2.75) is 26.2 Å². The fourth-order valence-electron chi connectivity index (χ4n) is 2.80. The number of hydrogen-bond acceptors (Lipinski definition) is 5. The molecule has 3 rings (SSSR count). The summed E-state index contributed by atoms with van der Waals surface area (Å²) in [5.41, 5.74) is 0.516. The highest BCUT2D eigenvalue weighted by Gasteiger charge is 2.29. The van der Waals surface area contributed by atoms with Gasteiger partial charge in [0.1, 0.15) is 16.7 Å². The van der Waals surface area contributed by atoms with E-state index in [0.717, 1.165) is 30.2 Å². The lowest BCUT2D eigenvalue weighted by Crippen LogP contribution is -2.09. The van der Waals surface area contributed by atoms with Crippen molar-refractivity contribution in [2.75, 3.05) is 0 Å². The van der Waals surface area contributed by atoms with Crippen LogP contribution in [0.5, 0.6) is 0 Å². The second-order valence-corrected chi connectivity index (χ2v) is 5.20. The maximum Gasteiger partial charge on any atom is 0.287 e. The summed E-state index contributed by atoms with van der Waals surface area (Å²) >= 11 is 0. The van der Waals surface area contributed by atoms with Crippen LogP contribution in [-0.2, 0) is 12.8 Å². The van der Waals surface area contributed by atoms with E-state index in [4.69, 9.17) is 4.42 Å². The lowest BCUT2D eigenvalue weighted by atomic mass is 9.87. The number of fused-ring (bicyclic) bond motifs is 3. The van der Waals surface area contributed by atoms with Crippen LogP contribution in [0.15, 0.2) is 16.5 Å². The molecule has 1 aromatic heterocycles. The molecule has 7 nitrogen and oxygen atoms in total. The Morgan fingerprint density at radius 3 is 2.65 bits per heavy atom. The van der Waals surface area contributed by atoms with Crippen molar-refractivity contribution in [2.24, 2.45) is 5.92 Å². The highest BCUT2D eigenvalue weighted by molar-refractivity contribution is 5.93. The first-order chi connectivity index (χ1) is 9.47. The molecular weight excluding hydrogens is 264 g/mol. The molecule has 0 saturated heterocycles. The molecule has 0 amide bonds. The van der Waals surface area contributed by atoms with Crippen LogP contribution in [0, 0.1) is 26.1 Å². The van der Waals surface area contributed by atoms with Gasteiger partial charge in [-0.15, -0.1) is 0 Å². The molecule has 0 aliphatic heterocycles. The summed E-state index contributed by atoms with van der Waals surface area (Å²) in [4.78, 5) is 20.8. The third kappa shape index (κ3) is 1.82. The highest BCUT2D eigenvalue weighted by atomic mass is 16.6. The van der Waals surface area contributed by atoms with Crippen LogP contribution in [0.4, 0.5) is 11.4 Å². The summed E-state index contributed by atoms with van der Waals surface area (Å²) in [6.45, 7) is 2.08. The van der Waals surface area contributed by atoms with Gasteiger partial charge in [0.15, 0.2) is 0 Å². The van der Waals surface area contributed by atoms with Crippen LogP contribution < -0.4 is 0 Å². The summed E-state index contributed by atoms with van der Waals surface area (Å²) in [5.74, 6) is 1.15. The summed E-state index contributed by atoms with van der Waals surface area (Å²) in [7, 11) is 0. The van der Waals surface area contributed by atoms with Crippen molar-refractivity contribution in [1.82, 2.24) is 0 Å². The van der Waals surface area contributed by atoms with Gasteiger partial charge in [-0.25, -0.2) is 0 Å². The fraction of sp³-hybridized carbons (Fsp3) is 0.385. The van der Waals surface area contributed by atoms with E-state index in [1.165, 1.54) is 6.07 Å². The Morgan fingerprint density at radius 1 is 1.25 bits per heavy atom. The lowest BCUT2D eigenvalue weighted by molar-refractivity contribution is -0.393. The number of nitrogens with zero attached hydrogens (tertiary/aromatic N) is 2. The van der Waals surface area contributed by atoms with Gasteiger partial charge in [0.05, 0.1) is 22.0 Å². The zero-order chi connectivity index (χ0) is 14.4.